The van der Waals surface area contributed by atoms with Crippen LogP contribution in [0.1, 0.15) is 49.7 Å². The Hall–Kier alpha value is -1.54. The Bertz CT molecular complexity index is 645. The van der Waals surface area contributed by atoms with Gasteiger partial charge in [0, 0.05) is 0 Å². The molecule has 0 spiro atoms. The van der Waals surface area contributed by atoms with E-state index >= 15 is 0 Å². The highest BCUT2D eigenvalue weighted by Gasteiger charge is 2.19. The molecule has 1 aliphatic carbocycles. The molecule has 0 saturated heterocycles. The molecule has 122 valence electrons. The summed E-state index contributed by atoms with van der Waals surface area (Å²) in [6, 6.07) is 13.2. The van der Waals surface area contributed by atoms with Crippen molar-refractivity contribution in [3.8, 4) is 5.75 Å². The largest absolute Gasteiger partial charge is 0.487 e. The summed E-state index contributed by atoms with van der Waals surface area (Å²) in [6.45, 7) is 2.74. The van der Waals surface area contributed by atoms with Gasteiger partial charge in [-0.25, -0.2) is 4.39 Å². The summed E-state index contributed by atoms with van der Waals surface area (Å²) in [4.78, 5) is 0. The highest BCUT2D eigenvalue weighted by Crippen LogP contribution is 2.35. The molecule has 0 heterocycles. The van der Waals surface area contributed by atoms with Crippen molar-refractivity contribution >= 4 is 11.6 Å². The van der Waals surface area contributed by atoms with Crippen molar-refractivity contribution in [2.24, 2.45) is 5.92 Å². The third-order valence-electron chi connectivity index (χ3n) is 4.78. The van der Waals surface area contributed by atoms with Crippen LogP contribution in [0.15, 0.2) is 42.5 Å². The van der Waals surface area contributed by atoms with E-state index in [0.29, 0.717) is 18.3 Å². The molecule has 23 heavy (non-hydrogen) atoms. The number of benzene rings is 2. The quantitative estimate of drug-likeness (QED) is 0.633. The van der Waals surface area contributed by atoms with Gasteiger partial charge in [-0.3, -0.25) is 0 Å². The Morgan fingerprint density at radius 3 is 2.43 bits per heavy atom. The Morgan fingerprint density at radius 2 is 1.74 bits per heavy atom. The van der Waals surface area contributed by atoms with E-state index in [9.17, 15) is 4.39 Å². The SMILES string of the molecule is CC1CCC(c2ccc(COc3cccc(F)c3Cl)cc2)CC1. The normalized spacial score (nSPS) is 21.2. The molecule has 1 saturated carbocycles. The standard InChI is InChI=1S/C20H22ClFO/c1-14-5-9-16(10-6-14)17-11-7-15(8-12-17)13-23-19-4-2-3-18(22)20(19)21/h2-4,7-8,11-12,14,16H,5-6,9-10,13H2,1H3. The fraction of sp³-hybridized carbons (Fsp3) is 0.400. The number of rotatable bonds is 4. The smallest absolute Gasteiger partial charge is 0.145 e. The molecule has 3 heteroatoms. The van der Waals surface area contributed by atoms with Gasteiger partial charge >= 0.3 is 0 Å². The number of ether oxygens (including phenoxy) is 1. The maximum absolute atomic E-state index is 13.4. The van der Waals surface area contributed by atoms with Crippen LogP contribution in [-0.2, 0) is 6.61 Å². The first-order valence-electron chi connectivity index (χ1n) is 8.29. The third kappa shape index (κ3) is 4.06. The molecule has 0 aromatic heterocycles. The molecular weight excluding hydrogens is 311 g/mol. The highest BCUT2D eigenvalue weighted by molar-refractivity contribution is 6.32. The first-order chi connectivity index (χ1) is 11.1. The molecule has 2 aromatic carbocycles. The monoisotopic (exact) mass is 332 g/mol. The summed E-state index contributed by atoms with van der Waals surface area (Å²) in [5.74, 6) is 1.50. The van der Waals surface area contributed by atoms with Crippen LogP contribution in [0.3, 0.4) is 0 Å². The number of hydrogen-bond donors (Lipinski definition) is 0. The van der Waals surface area contributed by atoms with E-state index in [2.05, 4.69) is 31.2 Å². The molecule has 2 aromatic rings. The van der Waals surface area contributed by atoms with E-state index in [0.717, 1.165) is 11.5 Å². The van der Waals surface area contributed by atoms with E-state index in [1.165, 1.54) is 37.3 Å². The molecule has 0 amide bonds. The summed E-state index contributed by atoms with van der Waals surface area (Å²) in [6.07, 6.45) is 5.23. The minimum atomic E-state index is -0.453. The van der Waals surface area contributed by atoms with Crippen molar-refractivity contribution in [1.29, 1.82) is 0 Å². The average molecular weight is 333 g/mol. The van der Waals surface area contributed by atoms with E-state index in [-0.39, 0.29) is 5.02 Å². The lowest BCUT2D eigenvalue weighted by atomic mass is 9.79. The topological polar surface area (TPSA) is 9.23 Å². The second-order valence-corrected chi connectivity index (χ2v) is 6.92. The molecule has 0 atom stereocenters. The minimum absolute atomic E-state index is 0.0421. The van der Waals surface area contributed by atoms with Gasteiger partial charge in [0.05, 0.1) is 0 Å². The first-order valence-corrected chi connectivity index (χ1v) is 8.67. The van der Waals surface area contributed by atoms with Crippen LogP contribution in [0.4, 0.5) is 4.39 Å². The van der Waals surface area contributed by atoms with Crippen LogP contribution in [0.25, 0.3) is 0 Å². The summed E-state index contributed by atoms with van der Waals surface area (Å²) >= 11 is 5.90. The molecule has 1 aliphatic rings. The van der Waals surface area contributed by atoms with E-state index < -0.39 is 5.82 Å². The van der Waals surface area contributed by atoms with Gasteiger partial charge in [-0.15, -0.1) is 0 Å². The van der Waals surface area contributed by atoms with Gasteiger partial charge in [-0.05, 0) is 47.9 Å². The van der Waals surface area contributed by atoms with E-state index in [1.54, 1.807) is 12.1 Å². The highest BCUT2D eigenvalue weighted by atomic mass is 35.5. The van der Waals surface area contributed by atoms with E-state index in [1.807, 2.05) is 0 Å². The molecule has 0 N–H and O–H groups in total. The number of hydrogen-bond acceptors (Lipinski definition) is 1. The summed E-state index contributed by atoms with van der Waals surface area (Å²) in [5.41, 5.74) is 2.49. The Balaban J connectivity index is 1.60. The van der Waals surface area contributed by atoms with Crippen LogP contribution in [0, 0.1) is 11.7 Å². The van der Waals surface area contributed by atoms with Gasteiger partial charge in [-0.1, -0.05) is 61.7 Å². The Morgan fingerprint density at radius 1 is 1.04 bits per heavy atom. The van der Waals surface area contributed by atoms with Crippen molar-refractivity contribution in [3.05, 3.63) is 64.4 Å². The lowest BCUT2D eigenvalue weighted by Gasteiger charge is -2.26. The van der Waals surface area contributed by atoms with Crippen molar-refractivity contribution in [3.63, 3.8) is 0 Å². The maximum Gasteiger partial charge on any atom is 0.145 e. The maximum atomic E-state index is 13.4. The summed E-state index contributed by atoms with van der Waals surface area (Å²) in [7, 11) is 0. The molecule has 1 nitrogen and oxygen atoms in total. The molecule has 3 rings (SSSR count). The second-order valence-electron chi connectivity index (χ2n) is 6.54. The van der Waals surface area contributed by atoms with Crippen molar-refractivity contribution in [2.45, 2.75) is 45.1 Å². The molecule has 0 bridgehead atoms. The molecular formula is C20H22ClFO. The van der Waals surface area contributed by atoms with Crippen LogP contribution < -0.4 is 4.74 Å². The zero-order valence-corrected chi connectivity index (χ0v) is 14.2. The van der Waals surface area contributed by atoms with Crippen LogP contribution in [0.2, 0.25) is 5.02 Å². The predicted molar refractivity (Wildman–Crippen MR) is 92.6 cm³/mol. The lowest BCUT2D eigenvalue weighted by Crippen LogP contribution is -2.10. The van der Waals surface area contributed by atoms with Gasteiger partial charge in [0.15, 0.2) is 0 Å². The van der Waals surface area contributed by atoms with Crippen molar-refractivity contribution in [1.82, 2.24) is 0 Å². The summed E-state index contributed by atoms with van der Waals surface area (Å²) in [5, 5.41) is 0.0421. The van der Waals surface area contributed by atoms with Crippen LogP contribution >= 0.6 is 11.6 Å². The number of halogens is 2. The fourth-order valence-electron chi connectivity index (χ4n) is 3.24. The zero-order valence-electron chi connectivity index (χ0n) is 13.4. The molecule has 0 aliphatic heterocycles. The fourth-order valence-corrected chi connectivity index (χ4v) is 3.42. The third-order valence-corrected chi connectivity index (χ3v) is 5.14. The van der Waals surface area contributed by atoms with Crippen molar-refractivity contribution < 1.29 is 9.13 Å². The zero-order chi connectivity index (χ0) is 16.2. The van der Waals surface area contributed by atoms with Gasteiger partial charge in [0.1, 0.15) is 23.2 Å². The van der Waals surface area contributed by atoms with Crippen LogP contribution in [0.5, 0.6) is 5.75 Å². The van der Waals surface area contributed by atoms with Crippen LogP contribution in [-0.4, -0.2) is 0 Å². The molecule has 0 radical (unpaired) electrons. The predicted octanol–water partition coefficient (Wildman–Crippen LogP) is 6.35. The molecule has 0 unspecified atom stereocenters. The van der Waals surface area contributed by atoms with Crippen molar-refractivity contribution in [2.75, 3.05) is 0 Å². The average Bonchev–Trinajstić information content (AvgIpc) is 2.57. The Labute approximate surface area is 142 Å². The second kappa shape index (κ2) is 7.35. The van der Waals surface area contributed by atoms with Gasteiger partial charge in [-0.2, -0.15) is 0 Å². The van der Waals surface area contributed by atoms with Gasteiger partial charge < -0.3 is 4.74 Å². The Kier molecular flexibility index (Phi) is 5.22. The van der Waals surface area contributed by atoms with E-state index in [4.69, 9.17) is 16.3 Å². The lowest BCUT2D eigenvalue weighted by molar-refractivity contribution is 0.304. The molecule has 1 fully saturated rings. The summed E-state index contributed by atoms with van der Waals surface area (Å²) < 4.78 is 19.0. The minimum Gasteiger partial charge on any atom is -0.487 e. The first kappa shape index (κ1) is 16.3. The van der Waals surface area contributed by atoms with Gasteiger partial charge in [0.25, 0.3) is 0 Å². The van der Waals surface area contributed by atoms with Gasteiger partial charge in [0.2, 0.25) is 0 Å².